The van der Waals surface area contributed by atoms with Gasteiger partial charge in [0.1, 0.15) is 5.75 Å². The van der Waals surface area contributed by atoms with Crippen molar-refractivity contribution in [2.75, 3.05) is 12.5 Å². The quantitative estimate of drug-likeness (QED) is 0.638. The molecule has 0 saturated carbocycles. The fourth-order valence-electron chi connectivity index (χ4n) is 1.86. The number of Topliss-reactive ketones (excluding diaryl/α,β-unsaturated/α-hetero) is 1. The summed E-state index contributed by atoms with van der Waals surface area (Å²) in [6, 6.07) is 5.74. The van der Waals surface area contributed by atoms with Crippen molar-refractivity contribution in [2.45, 2.75) is 19.8 Å². The van der Waals surface area contributed by atoms with E-state index in [-0.39, 0.29) is 5.78 Å². The Morgan fingerprint density at radius 3 is 3.00 bits per heavy atom. The Morgan fingerprint density at radius 1 is 1.44 bits per heavy atom. The Morgan fingerprint density at radius 2 is 2.28 bits per heavy atom. The summed E-state index contributed by atoms with van der Waals surface area (Å²) in [6.45, 7) is 2.74. The number of carbonyl (C=O) groups excluding carboxylic acids is 1. The van der Waals surface area contributed by atoms with Gasteiger partial charge in [-0.15, -0.1) is 11.6 Å². The SMILES string of the molecule is CCCOc1ccc2[nH]cc(C(=O)CCCl)c2c1. The normalized spacial score (nSPS) is 10.8. The number of H-pyrrole nitrogens is 1. The maximum Gasteiger partial charge on any atom is 0.166 e. The van der Waals surface area contributed by atoms with Gasteiger partial charge in [-0.25, -0.2) is 0 Å². The van der Waals surface area contributed by atoms with Crippen LogP contribution in [-0.2, 0) is 0 Å². The van der Waals surface area contributed by atoms with Crippen LogP contribution in [0.15, 0.2) is 24.4 Å². The minimum atomic E-state index is 0.0592. The highest BCUT2D eigenvalue weighted by Gasteiger charge is 2.12. The summed E-state index contributed by atoms with van der Waals surface area (Å²) in [6.07, 6.45) is 3.06. The van der Waals surface area contributed by atoms with E-state index in [4.69, 9.17) is 16.3 Å². The largest absolute Gasteiger partial charge is 0.494 e. The second kappa shape index (κ2) is 5.91. The van der Waals surface area contributed by atoms with Crippen LogP contribution in [0.4, 0.5) is 0 Å². The molecule has 4 heteroatoms. The first-order chi connectivity index (χ1) is 8.76. The highest BCUT2D eigenvalue weighted by molar-refractivity contribution is 6.20. The molecule has 0 amide bonds. The number of ether oxygens (including phenoxy) is 1. The molecule has 1 aromatic carbocycles. The topological polar surface area (TPSA) is 42.1 Å². The van der Waals surface area contributed by atoms with Gasteiger partial charge in [0.15, 0.2) is 5.78 Å². The minimum absolute atomic E-state index is 0.0592. The van der Waals surface area contributed by atoms with Crippen molar-refractivity contribution in [3.63, 3.8) is 0 Å². The van der Waals surface area contributed by atoms with E-state index in [1.807, 2.05) is 18.2 Å². The Labute approximate surface area is 111 Å². The Bertz CT molecular complexity index is 548. The molecule has 0 aliphatic carbocycles. The molecule has 0 spiro atoms. The molecule has 1 heterocycles. The van der Waals surface area contributed by atoms with Crippen molar-refractivity contribution in [2.24, 2.45) is 0 Å². The zero-order chi connectivity index (χ0) is 13.0. The second-order valence-electron chi connectivity index (χ2n) is 4.12. The lowest BCUT2D eigenvalue weighted by Crippen LogP contribution is -1.99. The number of alkyl halides is 1. The average Bonchev–Trinajstić information content (AvgIpc) is 2.79. The van der Waals surface area contributed by atoms with Gasteiger partial charge < -0.3 is 9.72 Å². The third kappa shape index (κ3) is 2.67. The van der Waals surface area contributed by atoms with Crippen molar-refractivity contribution in [1.29, 1.82) is 0 Å². The summed E-state index contributed by atoms with van der Waals surface area (Å²) in [5.74, 6) is 1.20. The maximum atomic E-state index is 11.9. The summed E-state index contributed by atoms with van der Waals surface area (Å²) in [7, 11) is 0. The smallest absolute Gasteiger partial charge is 0.166 e. The lowest BCUT2D eigenvalue weighted by atomic mass is 10.1. The molecule has 0 fully saturated rings. The fourth-order valence-corrected chi connectivity index (χ4v) is 2.03. The van der Waals surface area contributed by atoms with Gasteiger partial charge in [-0.1, -0.05) is 6.92 Å². The molecule has 3 nitrogen and oxygen atoms in total. The van der Waals surface area contributed by atoms with E-state index in [0.717, 1.165) is 23.1 Å². The molecule has 0 radical (unpaired) electrons. The van der Waals surface area contributed by atoms with Crippen LogP contribution in [0.2, 0.25) is 0 Å². The molecule has 0 unspecified atom stereocenters. The van der Waals surface area contributed by atoms with Crippen molar-refractivity contribution in [1.82, 2.24) is 4.98 Å². The van der Waals surface area contributed by atoms with Crippen LogP contribution in [0.3, 0.4) is 0 Å². The van der Waals surface area contributed by atoms with Crippen LogP contribution in [0.25, 0.3) is 10.9 Å². The number of benzene rings is 1. The molecular weight excluding hydrogens is 250 g/mol. The van der Waals surface area contributed by atoms with E-state index in [2.05, 4.69) is 11.9 Å². The zero-order valence-corrected chi connectivity index (χ0v) is 11.1. The number of nitrogens with one attached hydrogen (secondary N) is 1. The van der Waals surface area contributed by atoms with Crippen LogP contribution in [0.1, 0.15) is 30.1 Å². The molecule has 2 aromatic rings. The molecule has 18 heavy (non-hydrogen) atoms. The Balaban J connectivity index is 2.33. The predicted molar refractivity (Wildman–Crippen MR) is 73.8 cm³/mol. The van der Waals surface area contributed by atoms with Gasteiger partial charge in [0, 0.05) is 35.0 Å². The van der Waals surface area contributed by atoms with Crippen molar-refractivity contribution >= 4 is 28.3 Å². The first kappa shape index (κ1) is 13.0. The van der Waals surface area contributed by atoms with Gasteiger partial charge in [0.25, 0.3) is 0 Å². The molecule has 0 bridgehead atoms. The molecule has 0 saturated heterocycles. The Kier molecular flexibility index (Phi) is 4.26. The van der Waals surface area contributed by atoms with Gasteiger partial charge >= 0.3 is 0 Å². The van der Waals surface area contributed by atoms with E-state index >= 15 is 0 Å². The van der Waals surface area contributed by atoms with Gasteiger partial charge in [0.05, 0.1) is 6.61 Å². The number of halogens is 1. The van der Waals surface area contributed by atoms with E-state index < -0.39 is 0 Å². The number of hydrogen-bond donors (Lipinski definition) is 1. The van der Waals surface area contributed by atoms with E-state index in [1.165, 1.54) is 0 Å². The minimum Gasteiger partial charge on any atom is -0.494 e. The van der Waals surface area contributed by atoms with Gasteiger partial charge in [-0.2, -0.15) is 0 Å². The van der Waals surface area contributed by atoms with Crippen LogP contribution in [0, 0.1) is 0 Å². The molecule has 1 aromatic heterocycles. The number of aromatic nitrogens is 1. The molecular formula is C14H16ClNO2. The second-order valence-corrected chi connectivity index (χ2v) is 4.50. The number of ketones is 1. The number of fused-ring (bicyclic) bond motifs is 1. The molecule has 1 N–H and O–H groups in total. The van der Waals surface area contributed by atoms with Gasteiger partial charge in [-0.3, -0.25) is 4.79 Å². The Hall–Kier alpha value is -1.48. The van der Waals surface area contributed by atoms with E-state index in [9.17, 15) is 4.79 Å². The van der Waals surface area contributed by atoms with Crippen LogP contribution in [-0.4, -0.2) is 23.3 Å². The monoisotopic (exact) mass is 265 g/mol. The lowest BCUT2D eigenvalue weighted by Gasteiger charge is -2.04. The number of carbonyl (C=O) groups is 1. The van der Waals surface area contributed by atoms with Crippen molar-refractivity contribution in [3.05, 3.63) is 30.0 Å². The number of aromatic amines is 1. The van der Waals surface area contributed by atoms with Crippen molar-refractivity contribution in [3.8, 4) is 5.75 Å². The number of rotatable bonds is 6. The first-order valence-corrected chi connectivity index (χ1v) is 6.62. The summed E-state index contributed by atoms with van der Waals surface area (Å²) in [4.78, 5) is 15.0. The summed E-state index contributed by atoms with van der Waals surface area (Å²) >= 11 is 5.61. The highest BCUT2D eigenvalue weighted by Crippen LogP contribution is 2.24. The molecule has 0 aliphatic heterocycles. The van der Waals surface area contributed by atoms with E-state index in [1.54, 1.807) is 6.20 Å². The van der Waals surface area contributed by atoms with E-state index in [0.29, 0.717) is 24.5 Å². The zero-order valence-electron chi connectivity index (χ0n) is 10.3. The average molecular weight is 266 g/mol. The standard InChI is InChI=1S/C14H16ClNO2/c1-2-7-18-10-3-4-13-11(8-10)12(9-16-13)14(17)5-6-15/h3-4,8-9,16H,2,5-7H2,1H3. The van der Waals surface area contributed by atoms with Crippen LogP contribution < -0.4 is 4.74 Å². The van der Waals surface area contributed by atoms with Gasteiger partial charge in [0.2, 0.25) is 0 Å². The van der Waals surface area contributed by atoms with Crippen LogP contribution in [0.5, 0.6) is 5.75 Å². The van der Waals surface area contributed by atoms with Crippen molar-refractivity contribution < 1.29 is 9.53 Å². The predicted octanol–water partition coefficient (Wildman–Crippen LogP) is 3.77. The fraction of sp³-hybridized carbons (Fsp3) is 0.357. The third-order valence-corrected chi connectivity index (χ3v) is 2.94. The third-order valence-electron chi connectivity index (χ3n) is 2.75. The summed E-state index contributed by atoms with van der Waals surface area (Å²) < 4.78 is 5.58. The van der Waals surface area contributed by atoms with Crippen LogP contribution >= 0.6 is 11.6 Å². The highest BCUT2D eigenvalue weighted by atomic mass is 35.5. The summed E-state index contributed by atoms with van der Waals surface area (Å²) in [5.41, 5.74) is 1.63. The summed E-state index contributed by atoms with van der Waals surface area (Å²) in [5, 5.41) is 0.902. The number of hydrogen-bond acceptors (Lipinski definition) is 2. The maximum absolute atomic E-state index is 11.9. The molecule has 0 aliphatic rings. The molecule has 2 rings (SSSR count). The lowest BCUT2D eigenvalue weighted by molar-refractivity contribution is 0.0991. The molecule has 0 atom stereocenters. The first-order valence-electron chi connectivity index (χ1n) is 6.09. The molecule has 96 valence electrons. The van der Waals surface area contributed by atoms with Gasteiger partial charge in [-0.05, 0) is 24.6 Å².